The minimum absolute atomic E-state index is 0.105. The van der Waals surface area contributed by atoms with Crippen LogP contribution in [-0.4, -0.2) is 88.4 Å². The number of amides is 1. The van der Waals surface area contributed by atoms with Crippen LogP contribution in [0.5, 0.6) is 5.75 Å². The standard InChI is InChI=1S/C21H33N3O5S/c1-16-14-19(28-2)4-5-20(16)21(25)22-9-11-24(17-7-12-29-13-8-17)18-6-10-23(15-18)30(3,26)27/h4-5,14,17-18H,6-13,15H2,1-3H3,(H,22,25). The van der Waals surface area contributed by atoms with E-state index in [9.17, 15) is 13.2 Å². The number of carbonyl (C=O) groups excluding carboxylic acids is 1. The Morgan fingerprint density at radius 2 is 2.00 bits per heavy atom. The van der Waals surface area contributed by atoms with Gasteiger partial charge < -0.3 is 14.8 Å². The molecule has 2 aliphatic rings. The normalized spacial score (nSPS) is 21.1. The highest BCUT2D eigenvalue weighted by molar-refractivity contribution is 7.88. The summed E-state index contributed by atoms with van der Waals surface area (Å²) in [6.45, 7) is 5.61. The quantitative estimate of drug-likeness (QED) is 0.656. The Labute approximate surface area is 179 Å². The van der Waals surface area contributed by atoms with E-state index in [4.69, 9.17) is 9.47 Å². The molecule has 0 saturated carbocycles. The molecule has 2 fully saturated rings. The Kier molecular flexibility index (Phi) is 7.73. The average Bonchev–Trinajstić information content (AvgIpc) is 3.22. The van der Waals surface area contributed by atoms with Gasteiger partial charge in [0.1, 0.15) is 5.75 Å². The lowest BCUT2D eigenvalue weighted by Crippen LogP contribution is -2.50. The summed E-state index contributed by atoms with van der Waals surface area (Å²) < 4.78 is 36.1. The van der Waals surface area contributed by atoms with E-state index in [0.717, 1.165) is 43.8 Å². The fraction of sp³-hybridized carbons (Fsp3) is 0.667. The highest BCUT2D eigenvalue weighted by Gasteiger charge is 2.35. The van der Waals surface area contributed by atoms with Crippen molar-refractivity contribution < 1.29 is 22.7 Å². The predicted molar refractivity (Wildman–Crippen MR) is 115 cm³/mol. The van der Waals surface area contributed by atoms with Gasteiger partial charge in [0.2, 0.25) is 10.0 Å². The fourth-order valence-corrected chi connectivity index (χ4v) is 5.25. The van der Waals surface area contributed by atoms with E-state index in [1.807, 2.05) is 13.0 Å². The zero-order valence-corrected chi connectivity index (χ0v) is 18.9. The zero-order valence-electron chi connectivity index (χ0n) is 18.1. The van der Waals surface area contributed by atoms with Crippen LogP contribution in [0.15, 0.2) is 18.2 Å². The van der Waals surface area contributed by atoms with Gasteiger partial charge in [0.15, 0.2) is 0 Å². The summed E-state index contributed by atoms with van der Waals surface area (Å²) in [6.07, 6.45) is 3.95. The minimum Gasteiger partial charge on any atom is -0.497 e. The molecule has 30 heavy (non-hydrogen) atoms. The van der Waals surface area contributed by atoms with E-state index < -0.39 is 10.0 Å². The highest BCUT2D eigenvalue weighted by atomic mass is 32.2. The van der Waals surface area contributed by atoms with Crippen molar-refractivity contribution in [2.24, 2.45) is 0 Å². The Hall–Kier alpha value is -1.68. The number of hydrogen-bond donors (Lipinski definition) is 1. The number of carbonyl (C=O) groups is 1. The van der Waals surface area contributed by atoms with E-state index in [2.05, 4.69) is 10.2 Å². The number of nitrogens with one attached hydrogen (secondary N) is 1. The number of rotatable bonds is 8. The number of nitrogens with zero attached hydrogens (tertiary/aromatic N) is 2. The first kappa shape index (κ1) is 23.0. The number of sulfonamides is 1. The molecule has 2 saturated heterocycles. The van der Waals surface area contributed by atoms with Gasteiger partial charge in [0.05, 0.1) is 13.4 Å². The molecule has 0 aromatic heterocycles. The summed E-state index contributed by atoms with van der Waals surface area (Å²) >= 11 is 0. The third kappa shape index (κ3) is 5.72. The summed E-state index contributed by atoms with van der Waals surface area (Å²) in [5, 5.41) is 3.03. The maximum absolute atomic E-state index is 12.6. The molecule has 1 amide bonds. The Morgan fingerprint density at radius 3 is 2.60 bits per heavy atom. The SMILES string of the molecule is COc1ccc(C(=O)NCCN(C2CCOCC2)C2CCN(S(C)(=O)=O)C2)c(C)c1. The van der Waals surface area contributed by atoms with Gasteiger partial charge >= 0.3 is 0 Å². The maximum Gasteiger partial charge on any atom is 0.251 e. The van der Waals surface area contributed by atoms with Gasteiger partial charge in [-0.3, -0.25) is 9.69 Å². The number of ether oxygens (including phenoxy) is 2. The molecule has 1 atom stereocenters. The second-order valence-electron chi connectivity index (χ2n) is 8.08. The van der Waals surface area contributed by atoms with Gasteiger partial charge in [-0.05, 0) is 49.9 Å². The van der Waals surface area contributed by atoms with Crippen molar-refractivity contribution in [1.29, 1.82) is 0 Å². The summed E-state index contributed by atoms with van der Waals surface area (Å²) in [5.41, 5.74) is 1.50. The second kappa shape index (κ2) is 10.1. The topological polar surface area (TPSA) is 88.2 Å². The largest absolute Gasteiger partial charge is 0.497 e. The van der Waals surface area contributed by atoms with Crippen LogP contribution in [0.25, 0.3) is 0 Å². The van der Waals surface area contributed by atoms with Crippen molar-refractivity contribution >= 4 is 15.9 Å². The number of aryl methyl sites for hydroxylation is 1. The smallest absolute Gasteiger partial charge is 0.251 e. The third-order valence-electron chi connectivity index (χ3n) is 6.06. The van der Waals surface area contributed by atoms with Crippen LogP contribution in [-0.2, 0) is 14.8 Å². The zero-order chi connectivity index (χ0) is 21.7. The van der Waals surface area contributed by atoms with Gasteiger partial charge in [0.25, 0.3) is 5.91 Å². The van der Waals surface area contributed by atoms with Gasteiger partial charge in [-0.1, -0.05) is 0 Å². The van der Waals surface area contributed by atoms with Crippen LogP contribution in [0.1, 0.15) is 35.2 Å². The molecule has 0 aliphatic carbocycles. The lowest BCUT2D eigenvalue weighted by Gasteiger charge is -2.38. The molecule has 0 bridgehead atoms. The van der Waals surface area contributed by atoms with Gasteiger partial charge in [-0.25, -0.2) is 12.7 Å². The molecule has 0 spiro atoms. The molecule has 0 radical (unpaired) electrons. The molecular formula is C21H33N3O5S. The molecular weight excluding hydrogens is 406 g/mol. The molecule has 1 aromatic carbocycles. The van der Waals surface area contributed by atoms with Crippen molar-refractivity contribution in [1.82, 2.24) is 14.5 Å². The van der Waals surface area contributed by atoms with Crippen molar-refractivity contribution in [3.8, 4) is 5.75 Å². The Morgan fingerprint density at radius 1 is 1.27 bits per heavy atom. The summed E-state index contributed by atoms with van der Waals surface area (Å²) in [4.78, 5) is 15.0. The maximum atomic E-state index is 12.6. The predicted octanol–water partition coefficient (Wildman–Crippen LogP) is 1.25. The van der Waals surface area contributed by atoms with E-state index in [1.165, 1.54) is 6.26 Å². The van der Waals surface area contributed by atoms with Crippen LogP contribution >= 0.6 is 0 Å². The van der Waals surface area contributed by atoms with E-state index in [0.29, 0.717) is 37.8 Å². The summed E-state index contributed by atoms with van der Waals surface area (Å²) in [5.74, 6) is 0.623. The van der Waals surface area contributed by atoms with Crippen LogP contribution in [0.3, 0.4) is 0 Å². The third-order valence-corrected chi connectivity index (χ3v) is 7.33. The second-order valence-corrected chi connectivity index (χ2v) is 10.1. The monoisotopic (exact) mass is 439 g/mol. The van der Waals surface area contributed by atoms with Gasteiger partial charge in [-0.15, -0.1) is 0 Å². The number of methoxy groups -OCH3 is 1. The van der Waals surface area contributed by atoms with E-state index in [1.54, 1.807) is 23.5 Å². The molecule has 8 nitrogen and oxygen atoms in total. The molecule has 2 aliphatic heterocycles. The lowest BCUT2D eigenvalue weighted by atomic mass is 10.0. The van der Waals surface area contributed by atoms with Gasteiger partial charge in [0, 0.05) is 57.0 Å². The summed E-state index contributed by atoms with van der Waals surface area (Å²) in [7, 11) is -1.57. The van der Waals surface area contributed by atoms with E-state index in [-0.39, 0.29) is 11.9 Å². The first-order valence-corrected chi connectivity index (χ1v) is 12.4. The molecule has 1 aromatic rings. The Bertz CT molecular complexity index is 839. The number of hydrogen-bond acceptors (Lipinski definition) is 6. The highest BCUT2D eigenvalue weighted by Crippen LogP contribution is 2.24. The summed E-state index contributed by atoms with van der Waals surface area (Å²) in [6, 6.07) is 5.93. The minimum atomic E-state index is -3.18. The molecule has 168 valence electrons. The molecule has 2 heterocycles. The first-order chi connectivity index (χ1) is 14.3. The molecule has 1 unspecified atom stereocenters. The molecule has 9 heteroatoms. The number of benzene rings is 1. The van der Waals surface area contributed by atoms with Crippen molar-refractivity contribution in [2.75, 3.05) is 52.8 Å². The van der Waals surface area contributed by atoms with Crippen molar-refractivity contribution in [3.05, 3.63) is 29.3 Å². The van der Waals surface area contributed by atoms with Crippen LogP contribution < -0.4 is 10.1 Å². The van der Waals surface area contributed by atoms with Crippen LogP contribution in [0.2, 0.25) is 0 Å². The van der Waals surface area contributed by atoms with E-state index >= 15 is 0 Å². The fourth-order valence-electron chi connectivity index (χ4n) is 4.37. The van der Waals surface area contributed by atoms with Crippen molar-refractivity contribution in [3.63, 3.8) is 0 Å². The first-order valence-electron chi connectivity index (χ1n) is 10.5. The van der Waals surface area contributed by atoms with Crippen LogP contribution in [0.4, 0.5) is 0 Å². The van der Waals surface area contributed by atoms with Crippen LogP contribution in [0, 0.1) is 6.92 Å². The molecule has 1 N–H and O–H groups in total. The Balaban J connectivity index is 1.61. The van der Waals surface area contributed by atoms with Gasteiger partial charge in [-0.2, -0.15) is 0 Å². The van der Waals surface area contributed by atoms with Crippen molar-refractivity contribution in [2.45, 2.75) is 38.3 Å². The molecule has 3 rings (SSSR count). The lowest BCUT2D eigenvalue weighted by molar-refractivity contribution is 0.0194. The average molecular weight is 440 g/mol.